The molecule has 6 heteroatoms. The monoisotopic (exact) mass is 268 g/mol. The van der Waals surface area contributed by atoms with Crippen LogP contribution in [0.15, 0.2) is 0 Å². The van der Waals surface area contributed by atoms with E-state index in [9.17, 15) is 4.79 Å². The van der Waals surface area contributed by atoms with Crippen LogP contribution in [0.25, 0.3) is 0 Å². The van der Waals surface area contributed by atoms with Gasteiger partial charge in [-0.1, -0.05) is 20.3 Å². The van der Waals surface area contributed by atoms with Gasteiger partial charge in [-0.2, -0.15) is 0 Å². The molecule has 0 atom stereocenters. The van der Waals surface area contributed by atoms with Crippen molar-refractivity contribution in [3.8, 4) is 0 Å². The minimum Gasteiger partial charge on any atom is -0.381 e. The summed E-state index contributed by atoms with van der Waals surface area (Å²) in [6.07, 6.45) is 4.82. The molecule has 1 aromatic heterocycles. The van der Waals surface area contributed by atoms with E-state index in [2.05, 4.69) is 34.3 Å². The molecule has 1 rings (SSSR count). The quantitative estimate of drug-likeness (QED) is 0.633. The van der Waals surface area contributed by atoms with Crippen molar-refractivity contribution in [3.05, 3.63) is 11.6 Å². The van der Waals surface area contributed by atoms with Crippen molar-refractivity contribution >= 4 is 5.91 Å². The molecule has 0 fully saturated rings. The first kappa shape index (κ1) is 15.6. The molecular weight excluding hydrogens is 244 g/mol. The van der Waals surface area contributed by atoms with Gasteiger partial charge < -0.3 is 10.1 Å². The number of amides is 1. The van der Waals surface area contributed by atoms with Gasteiger partial charge in [0.25, 0.3) is 5.91 Å². The van der Waals surface area contributed by atoms with Crippen LogP contribution < -0.4 is 5.32 Å². The number of H-pyrrole nitrogens is 1. The van der Waals surface area contributed by atoms with Crippen molar-refractivity contribution < 1.29 is 9.53 Å². The third kappa shape index (κ3) is 6.33. The third-order valence-corrected chi connectivity index (χ3v) is 2.61. The Kier molecular flexibility index (Phi) is 7.81. The van der Waals surface area contributed by atoms with E-state index in [1.165, 1.54) is 0 Å². The Morgan fingerprint density at radius 1 is 1.26 bits per heavy atom. The fourth-order valence-electron chi connectivity index (χ4n) is 1.55. The van der Waals surface area contributed by atoms with Crippen molar-refractivity contribution in [2.24, 2.45) is 0 Å². The van der Waals surface area contributed by atoms with Gasteiger partial charge in [0.05, 0.1) is 0 Å². The standard InChI is InChI=1S/C13H24N4O2/c1-3-5-9-19-10-6-8-14-13(18)12-15-11(7-4-2)16-17-12/h3-10H2,1-2H3,(H,14,18)(H,15,16,17). The second kappa shape index (κ2) is 9.49. The average molecular weight is 268 g/mol. The van der Waals surface area contributed by atoms with Crippen molar-refractivity contribution in [1.29, 1.82) is 0 Å². The summed E-state index contributed by atoms with van der Waals surface area (Å²) in [7, 11) is 0. The van der Waals surface area contributed by atoms with Crippen LogP contribution in [0.3, 0.4) is 0 Å². The Morgan fingerprint density at radius 2 is 2.05 bits per heavy atom. The number of rotatable bonds is 10. The molecule has 1 aromatic rings. The van der Waals surface area contributed by atoms with Gasteiger partial charge in [0, 0.05) is 26.2 Å². The van der Waals surface area contributed by atoms with Crippen LogP contribution in [-0.4, -0.2) is 40.8 Å². The summed E-state index contributed by atoms with van der Waals surface area (Å²) in [5, 5.41) is 9.44. The van der Waals surface area contributed by atoms with Gasteiger partial charge in [0.15, 0.2) is 0 Å². The van der Waals surface area contributed by atoms with E-state index in [1.807, 2.05) is 0 Å². The van der Waals surface area contributed by atoms with Gasteiger partial charge in [-0.25, -0.2) is 4.98 Å². The first-order valence-electron chi connectivity index (χ1n) is 7.05. The number of carbonyl (C=O) groups is 1. The van der Waals surface area contributed by atoms with Crippen LogP contribution in [0.5, 0.6) is 0 Å². The first-order valence-corrected chi connectivity index (χ1v) is 7.05. The number of nitrogens with one attached hydrogen (secondary N) is 2. The van der Waals surface area contributed by atoms with E-state index in [1.54, 1.807) is 0 Å². The topological polar surface area (TPSA) is 79.9 Å². The van der Waals surface area contributed by atoms with E-state index in [4.69, 9.17) is 4.74 Å². The highest BCUT2D eigenvalue weighted by Crippen LogP contribution is 1.96. The molecule has 2 N–H and O–H groups in total. The predicted molar refractivity (Wildman–Crippen MR) is 73.1 cm³/mol. The zero-order valence-electron chi connectivity index (χ0n) is 11.9. The summed E-state index contributed by atoms with van der Waals surface area (Å²) in [6.45, 7) is 6.25. The van der Waals surface area contributed by atoms with Gasteiger partial charge in [0.1, 0.15) is 5.82 Å². The number of carbonyl (C=O) groups excluding carboxylic acids is 1. The SMILES string of the molecule is CCCCOCCCNC(=O)c1n[nH]c(CCC)n1. The van der Waals surface area contributed by atoms with Gasteiger partial charge in [-0.05, 0) is 19.3 Å². The zero-order chi connectivity index (χ0) is 13.9. The minimum absolute atomic E-state index is 0.218. The van der Waals surface area contributed by atoms with E-state index in [-0.39, 0.29) is 11.7 Å². The van der Waals surface area contributed by atoms with Gasteiger partial charge in [-0.15, -0.1) is 5.10 Å². The number of aryl methyl sites for hydroxylation is 1. The Hall–Kier alpha value is -1.43. The molecule has 0 saturated carbocycles. The molecule has 0 spiro atoms. The molecule has 6 nitrogen and oxygen atoms in total. The molecular formula is C13H24N4O2. The third-order valence-electron chi connectivity index (χ3n) is 2.61. The molecule has 1 amide bonds. The lowest BCUT2D eigenvalue weighted by molar-refractivity contribution is 0.0930. The maximum Gasteiger partial charge on any atom is 0.290 e. The lowest BCUT2D eigenvalue weighted by atomic mass is 10.3. The van der Waals surface area contributed by atoms with Crippen LogP contribution >= 0.6 is 0 Å². The Morgan fingerprint density at radius 3 is 2.79 bits per heavy atom. The molecule has 0 unspecified atom stereocenters. The molecule has 0 radical (unpaired) electrons. The summed E-state index contributed by atoms with van der Waals surface area (Å²) in [6, 6.07) is 0. The second-order valence-electron chi connectivity index (χ2n) is 4.43. The highest BCUT2D eigenvalue weighted by atomic mass is 16.5. The Bertz CT molecular complexity index is 365. The van der Waals surface area contributed by atoms with Crippen molar-refractivity contribution in [3.63, 3.8) is 0 Å². The number of nitrogens with zero attached hydrogens (tertiary/aromatic N) is 2. The summed E-state index contributed by atoms with van der Waals surface area (Å²) in [4.78, 5) is 15.8. The minimum atomic E-state index is -0.229. The number of hydrogen-bond donors (Lipinski definition) is 2. The van der Waals surface area contributed by atoms with Crippen LogP contribution in [0, 0.1) is 0 Å². The van der Waals surface area contributed by atoms with Gasteiger partial charge in [-0.3, -0.25) is 9.89 Å². The fourth-order valence-corrected chi connectivity index (χ4v) is 1.55. The molecule has 0 bridgehead atoms. The van der Waals surface area contributed by atoms with Crippen LogP contribution in [0.2, 0.25) is 0 Å². The summed E-state index contributed by atoms with van der Waals surface area (Å²) in [5.74, 6) is 0.748. The van der Waals surface area contributed by atoms with Crippen molar-refractivity contribution in [1.82, 2.24) is 20.5 Å². The van der Waals surface area contributed by atoms with Crippen LogP contribution in [0.4, 0.5) is 0 Å². The van der Waals surface area contributed by atoms with Gasteiger partial charge in [0.2, 0.25) is 5.82 Å². The maximum atomic E-state index is 11.7. The number of aromatic amines is 1. The second-order valence-corrected chi connectivity index (χ2v) is 4.43. The van der Waals surface area contributed by atoms with E-state index >= 15 is 0 Å². The fraction of sp³-hybridized carbons (Fsp3) is 0.769. The lowest BCUT2D eigenvalue weighted by Gasteiger charge is -2.04. The lowest BCUT2D eigenvalue weighted by Crippen LogP contribution is -2.26. The molecule has 0 aliphatic carbocycles. The number of ether oxygens (including phenoxy) is 1. The van der Waals surface area contributed by atoms with E-state index < -0.39 is 0 Å². The van der Waals surface area contributed by atoms with Gasteiger partial charge >= 0.3 is 0 Å². The highest BCUT2D eigenvalue weighted by Gasteiger charge is 2.10. The summed E-state index contributed by atoms with van der Waals surface area (Å²) >= 11 is 0. The smallest absolute Gasteiger partial charge is 0.290 e. The number of aromatic nitrogens is 3. The molecule has 0 aliphatic rings. The first-order chi connectivity index (χ1) is 9.27. The Labute approximate surface area is 114 Å². The molecule has 0 saturated heterocycles. The van der Waals surface area contributed by atoms with E-state index in [0.717, 1.165) is 44.5 Å². The normalized spacial score (nSPS) is 10.6. The van der Waals surface area contributed by atoms with E-state index in [0.29, 0.717) is 13.2 Å². The van der Waals surface area contributed by atoms with Crippen molar-refractivity contribution in [2.75, 3.05) is 19.8 Å². The van der Waals surface area contributed by atoms with Crippen molar-refractivity contribution in [2.45, 2.75) is 46.0 Å². The van der Waals surface area contributed by atoms with Crippen LogP contribution in [-0.2, 0) is 11.2 Å². The Balaban J connectivity index is 2.13. The number of unbranched alkanes of at least 4 members (excludes halogenated alkanes) is 1. The number of hydrogen-bond acceptors (Lipinski definition) is 4. The summed E-state index contributed by atoms with van der Waals surface area (Å²) in [5.41, 5.74) is 0. The van der Waals surface area contributed by atoms with Crippen LogP contribution in [0.1, 0.15) is 56.0 Å². The molecule has 0 aliphatic heterocycles. The molecule has 108 valence electrons. The summed E-state index contributed by atoms with van der Waals surface area (Å²) < 4.78 is 5.41. The molecule has 19 heavy (non-hydrogen) atoms. The molecule has 0 aromatic carbocycles. The highest BCUT2D eigenvalue weighted by molar-refractivity contribution is 5.90. The molecule has 1 heterocycles. The largest absolute Gasteiger partial charge is 0.381 e. The average Bonchev–Trinajstić information content (AvgIpc) is 2.87. The maximum absolute atomic E-state index is 11.7. The predicted octanol–water partition coefficient (Wildman–Crippen LogP) is 1.69. The zero-order valence-corrected chi connectivity index (χ0v) is 11.9.